The van der Waals surface area contributed by atoms with E-state index in [9.17, 15) is 9.67 Å². The highest BCUT2D eigenvalue weighted by Gasteiger charge is 2.37. The summed E-state index contributed by atoms with van der Waals surface area (Å²) in [7, 11) is -3.47. The summed E-state index contributed by atoms with van der Waals surface area (Å²) in [5.74, 6) is -0.578. The minimum Gasteiger partial charge on any atom is -0.508 e. The molecule has 0 aliphatic heterocycles. The van der Waals surface area contributed by atoms with Crippen molar-refractivity contribution in [2.45, 2.75) is 19.6 Å². The van der Waals surface area contributed by atoms with E-state index >= 15 is 0 Å². The van der Waals surface area contributed by atoms with Gasteiger partial charge in [0, 0.05) is 10.7 Å². The minimum atomic E-state index is -3.47. The average Bonchev–Trinajstić information content (AvgIpc) is 2.56. The third-order valence-electron chi connectivity index (χ3n) is 3.29. The maximum atomic E-state index is 13.3. The molecule has 0 aliphatic carbocycles. The van der Waals surface area contributed by atoms with Crippen LogP contribution in [0, 0.1) is 0 Å². The van der Waals surface area contributed by atoms with Gasteiger partial charge < -0.3 is 19.5 Å². The first-order valence-electron chi connectivity index (χ1n) is 7.68. The van der Waals surface area contributed by atoms with Crippen LogP contribution < -0.4 is 5.32 Å². The van der Waals surface area contributed by atoms with Crippen LogP contribution in [0.25, 0.3) is 0 Å². The fourth-order valence-electron chi connectivity index (χ4n) is 2.25. The van der Waals surface area contributed by atoms with Crippen LogP contribution in [0.4, 0.5) is 5.69 Å². The van der Waals surface area contributed by atoms with E-state index in [2.05, 4.69) is 5.32 Å². The van der Waals surface area contributed by atoms with Gasteiger partial charge in [-0.1, -0.05) is 23.7 Å². The van der Waals surface area contributed by atoms with E-state index in [0.717, 1.165) is 5.69 Å². The molecule has 0 fully saturated rings. The SMILES string of the molecule is CCOP(=O)(OCC)[C@@H](Nc1ccc(Cl)cc1)c1ccc(O)cc1. The summed E-state index contributed by atoms with van der Waals surface area (Å²) >= 11 is 5.91. The number of hydrogen-bond acceptors (Lipinski definition) is 5. The van der Waals surface area contributed by atoms with Crippen LogP contribution in [0.5, 0.6) is 5.75 Å². The lowest BCUT2D eigenvalue weighted by molar-refractivity contribution is 0.214. The van der Waals surface area contributed by atoms with Crippen LogP contribution in [-0.4, -0.2) is 18.3 Å². The van der Waals surface area contributed by atoms with Gasteiger partial charge in [-0.15, -0.1) is 0 Å². The number of nitrogens with one attached hydrogen (secondary N) is 1. The molecule has 2 N–H and O–H groups in total. The van der Waals surface area contributed by atoms with Crippen LogP contribution in [-0.2, 0) is 13.6 Å². The van der Waals surface area contributed by atoms with Crippen LogP contribution in [0.3, 0.4) is 0 Å². The molecule has 0 unspecified atom stereocenters. The average molecular weight is 370 g/mol. The lowest BCUT2D eigenvalue weighted by atomic mass is 10.2. The molecule has 130 valence electrons. The van der Waals surface area contributed by atoms with E-state index in [4.69, 9.17) is 20.6 Å². The van der Waals surface area contributed by atoms with Gasteiger partial charge in [-0.25, -0.2) is 0 Å². The van der Waals surface area contributed by atoms with E-state index in [0.29, 0.717) is 10.6 Å². The molecule has 0 bridgehead atoms. The first-order valence-corrected chi connectivity index (χ1v) is 9.67. The molecule has 0 aliphatic rings. The van der Waals surface area contributed by atoms with Crippen molar-refractivity contribution in [2.75, 3.05) is 18.5 Å². The van der Waals surface area contributed by atoms with E-state index in [1.807, 2.05) is 0 Å². The fourth-order valence-corrected chi connectivity index (χ4v) is 4.31. The van der Waals surface area contributed by atoms with Crippen LogP contribution in [0.1, 0.15) is 25.2 Å². The van der Waals surface area contributed by atoms with Crippen LogP contribution >= 0.6 is 19.2 Å². The Morgan fingerprint density at radius 2 is 1.58 bits per heavy atom. The van der Waals surface area contributed by atoms with Crippen molar-refractivity contribution < 1.29 is 18.7 Å². The smallest absolute Gasteiger partial charge is 0.357 e. The molecular weight excluding hydrogens is 349 g/mol. The van der Waals surface area contributed by atoms with Crippen molar-refractivity contribution in [1.29, 1.82) is 0 Å². The molecule has 0 amide bonds. The molecule has 0 radical (unpaired) electrons. The summed E-state index contributed by atoms with van der Waals surface area (Å²) in [5.41, 5.74) is 1.42. The molecule has 5 nitrogen and oxygen atoms in total. The summed E-state index contributed by atoms with van der Waals surface area (Å²) in [4.78, 5) is 0. The highest BCUT2D eigenvalue weighted by molar-refractivity contribution is 7.54. The molecule has 24 heavy (non-hydrogen) atoms. The lowest BCUT2D eigenvalue weighted by Crippen LogP contribution is -2.15. The number of phenolic OH excluding ortho intramolecular Hbond substituents is 1. The molecule has 0 saturated carbocycles. The Bertz CT molecular complexity index is 681. The summed E-state index contributed by atoms with van der Waals surface area (Å²) in [6.07, 6.45) is 0. The molecule has 0 aromatic heterocycles. The lowest BCUT2D eigenvalue weighted by Gasteiger charge is -2.28. The summed E-state index contributed by atoms with van der Waals surface area (Å²) in [6, 6.07) is 13.5. The maximum Gasteiger partial charge on any atom is 0.357 e. The van der Waals surface area contributed by atoms with Crippen molar-refractivity contribution in [2.24, 2.45) is 0 Å². The summed E-state index contributed by atoms with van der Waals surface area (Å²) < 4.78 is 24.3. The highest BCUT2D eigenvalue weighted by Crippen LogP contribution is 2.60. The second-order valence-corrected chi connectivity index (χ2v) is 7.57. The predicted octanol–water partition coefficient (Wildman–Crippen LogP) is 5.42. The number of anilines is 1. The minimum absolute atomic E-state index is 0.131. The third kappa shape index (κ3) is 4.74. The Kier molecular flexibility index (Phi) is 6.69. The van der Waals surface area contributed by atoms with Crippen molar-refractivity contribution in [3.8, 4) is 5.75 Å². The van der Waals surface area contributed by atoms with Crippen molar-refractivity contribution in [3.05, 3.63) is 59.1 Å². The maximum absolute atomic E-state index is 13.3. The van der Waals surface area contributed by atoms with E-state index in [1.54, 1.807) is 50.2 Å². The predicted molar refractivity (Wildman–Crippen MR) is 96.8 cm³/mol. The number of aromatic hydroxyl groups is 1. The van der Waals surface area contributed by atoms with Gasteiger partial charge in [0.05, 0.1) is 13.2 Å². The quantitative estimate of drug-likeness (QED) is 0.608. The van der Waals surface area contributed by atoms with E-state index < -0.39 is 13.4 Å². The molecule has 0 heterocycles. The second kappa shape index (κ2) is 8.54. The van der Waals surface area contributed by atoms with Gasteiger partial charge in [0.2, 0.25) is 0 Å². The van der Waals surface area contributed by atoms with E-state index in [1.165, 1.54) is 12.1 Å². The van der Waals surface area contributed by atoms with Crippen LogP contribution in [0.2, 0.25) is 5.02 Å². The Morgan fingerprint density at radius 3 is 2.08 bits per heavy atom. The standard InChI is InChI=1S/C17H21ClNO4P/c1-3-22-24(21,23-4-2)17(13-5-11-16(20)12-6-13)19-15-9-7-14(18)8-10-15/h5-12,17,19-20H,3-4H2,1-2H3/t17-/m1/s1. The van der Waals surface area contributed by atoms with Crippen molar-refractivity contribution in [1.82, 2.24) is 0 Å². The number of rotatable bonds is 8. The largest absolute Gasteiger partial charge is 0.508 e. The summed E-state index contributed by atoms with van der Waals surface area (Å²) in [6.45, 7) is 4.05. The molecule has 7 heteroatoms. The molecule has 2 aromatic rings. The van der Waals surface area contributed by atoms with Gasteiger partial charge in [0.15, 0.2) is 5.78 Å². The number of halogens is 1. The molecule has 0 spiro atoms. The topological polar surface area (TPSA) is 67.8 Å². The molecule has 2 aromatic carbocycles. The molecular formula is C17H21ClNO4P. The van der Waals surface area contributed by atoms with Gasteiger partial charge in [0.25, 0.3) is 0 Å². The summed E-state index contributed by atoms with van der Waals surface area (Å²) in [5, 5.41) is 13.3. The Morgan fingerprint density at radius 1 is 1.04 bits per heavy atom. The molecule has 2 rings (SSSR count). The van der Waals surface area contributed by atoms with E-state index in [-0.39, 0.29) is 19.0 Å². The van der Waals surface area contributed by atoms with Crippen molar-refractivity contribution >= 4 is 24.9 Å². The van der Waals surface area contributed by atoms with Gasteiger partial charge >= 0.3 is 7.60 Å². The number of benzene rings is 2. The Hall–Kier alpha value is -1.52. The van der Waals surface area contributed by atoms with Gasteiger partial charge in [-0.05, 0) is 55.8 Å². The number of hydrogen-bond donors (Lipinski definition) is 2. The Labute approximate surface area is 147 Å². The monoisotopic (exact) mass is 369 g/mol. The zero-order chi connectivity index (χ0) is 17.6. The first-order chi connectivity index (χ1) is 11.5. The highest BCUT2D eigenvalue weighted by atomic mass is 35.5. The van der Waals surface area contributed by atoms with Gasteiger partial charge in [0.1, 0.15) is 5.75 Å². The fraction of sp³-hybridized carbons (Fsp3) is 0.294. The molecule has 0 saturated heterocycles. The zero-order valence-electron chi connectivity index (χ0n) is 13.6. The number of phenols is 1. The molecule has 1 atom stereocenters. The van der Waals surface area contributed by atoms with Gasteiger partial charge in [-0.3, -0.25) is 4.57 Å². The van der Waals surface area contributed by atoms with Crippen LogP contribution in [0.15, 0.2) is 48.5 Å². The third-order valence-corrected chi connectivity index (χ3v) is 5.84. The Balaban J connectivity index is 2.41. The second-order valence-electron chi connectivity index (χ2n) is 5.02. The normalized spacial score (nSPS) is 12.8. The van der Waals surface area contributed by atoms with Crippen molar-refractivity contribution in [3.63, 3.8) is 0 Å². The zero-order valence-corrected chi connectivity index (χ0v) is 15.3. The first kappa shape index (κ1) is 18.8. The van der Waals surface area contributed by atoms with Gasteiger partial charge in [-0.2, -0.15) is 0 Å².